The van der Waals surface area contributed by atoms with Crippen molar-refractivity contribution in [3.63, 3.8) is 0 Å². The van der Waals surface area contributed by atoms with E-state index in [9.17, 15) is 14.4 Å². The maximum absolute atomic E-state index is 11.6. The number of carbonyl (C=O) groups excluding carboxylic acids is 1. The Morgan fingerprint density at radius 2 is 2.10 bits per heavy atom. The fourth-order valence-corrected chi connectivity index (χ4v) is 1.77. The van der Waals surface area contributed by atoms with E-state index in [1.165, 1.54) is 0 Å². The second-order valence-corrected chi connectivity index (χ2v) is 5.09. The molecule has 0 spiro atoms. The molecule has 0 bridgehead atoms. The molecule has 1 aromatic rings. The number of hydrogen-bond acceptors (Lipinski definition) is 7. The molecule has 110 valence electrons. The van der Waals surface area contributed by atoms with Crippen LogP contribution in [0.2, 0.25) is 0 Å². The minimum atomic E-state index is -1.02. The van der Waals surface area contributed by atoms with E-state index in [2.05, 4.69) is 15.2 Å². The number of nitrogens with one attached hydrogen (secondary N) is 1. The first-order valence-corrected chi connectivity index (χ1v) is 6.87. The summed E-state index contributed by atoms with van der Waals surface area (Å²) in [5, 5.41) is 16.0. The lowest BCUT2D eigenvalue weighted by Crippen LogP contribution is -2.20. The van der Waals surface area contributed by atoms with Crippen molar-refractivity contribution in [2.75, 3.05) is 5.75 Å². The highest BCUT2D eigenvalue weighted by Gasteiger charge is 2.11. The Balaban J connectivity index is 2.58. The van der Waals surface area contributed by atoms with Crippen LogP contribution >= 0.6 is 11.8 Å². The van der Waals surface area contributed by atoms with Gasteiger partial charge in [0.15, 0.2) is 5.16 Å². The number of aromatic amines is 1. The molecule has 8 nitrogen and oxygen atoms in total. The number of esters is 1. The molecule has 0 amide bonds. The number of hydrogen-bond donors (Lipinski definition) is 2. The van der Waals surface area contributed by atoms with E-state index in [0.717, 1.165) is 11.8 Å². The molecule has 0 aliphatic heterocycles. The van der Waals surface area contributed by atoms with Crippen LogP contribution in [0.3, 0.4) is 0 Å². The number of carboxylic acid groups (broad SMARTS) is 1. The lowest BCUT2D eigenvalue weighted by atomic mass is 10.2. The van der Waals surface area contributed by atoms with Gasteiger partial charge in [-0.2, -0.15) is 0 Å². The number of aromatic nitrogens is 3. The summed E-state index contributed by atoms with van der Waals surface area (Å²) in [4.78, 5) is 35.8. The van der Waals surface area contributed by atoms with Gasteiger partial charge in [-0.15, -0.1) is 10.2 Å². The first-order chi connectivity index (χ1) is 9.38. The van der Waals surface area contributed by atoms with Crippen LogP contribution in [-0.2, 0) is 20.7 Å². The van der Waals surface area contributed by atoms with Gasteiger partial charge in [-0.05, 0) is 13.8 Å². The van der Waals surface area contributed by atoms with Crippen molar-refractivity contribution in [3.05, 3.63) is 16.0 Å². The first kappa shape index (κ1) is 16.2. The number of rotatable bonds is 7. The minimum absolute atomic E-state index is 0.0392. The summed E-state index contributed by atoms with van der Waals surface area (Å²) in [5.74, 6) is -1.64. The topological polar surface area (TPSA) is 122 Å². The molecule has 0 unspecified atom stereocenters. The Morgan fingerprint density at radius 3 is 2.65 bits per heavy atom. The lowest BCUT2D eigenvalue weighted by molar-refractivity contribution is -0.147. The van der Waals surface area contributed by atoms with Crippen LogP contribution in [0.4, 0.5) is 0 Å². The van der Waals surface area contributed by atoms with Crippen LogP contribution in [0.25, 0.3) is 0 Å². The van der Waals surface area contributed by atoms with E-state index >= 15 is 0 Å². The normalized spacial score (nSPS) is 10.6. The molecule has 0 fully saturated rings. The number of carboxylic acids is 1. The highest BCUT2D eigenvalue weighted by atomic mass is 32.2. The predicted molar refractivity (Wildman–Crippen MR) is 70.6 cm³/mol. The van der Waals surface area contributed by atoms with Crippen molar-refractivity contribution in [1.82, 2.24) is 15.2 Å². The van der Waals surface area contributed by atoms with Crippen molar-refractivity contribution >= 4 is 23.7 Å². The summed E-state index contributed by atoms with van der Waals surface area (Å²) in [7, 11) is 0. The molecular formula is C11H15N3O5S. The Hall–Kier alpha value is -1.90. The van der Waals surface area contributed by atoms with Crippen molar-refractivity contribution in [2.45, 2.75) is 37.9 Å². The fraction of sp³-hybridized carbons (Fsp3) is 0.545. The smallest absolute Gasteiger partial charge is 0.313 e. The maximum Gasteiger partial charge on any atom is 0.313 e. The van der Waals surface area contributed by atoms with E-state index in [1.54, 1.807) is 13.8 Å². The number of ether oxygens (including phenoxy) is 1. The van der Waals surface area contributed by atoms with Gasteiger partial charge in [0.05, 0.1) is 18.3 Å². The molecule has 9 heteroatoms. The van der Waals surface area contributed by atoms with Gasteiger partial charge in [-0.3, -0.25) is 19.4 Å². The van der Waals surface area contributed by atoms with Crippen LogP contribution in [0, 0.1) is 0 Å². The SMILES string of the molecule is CC(C)OC(=O)CCc1nnc(SCC(=O)O)[nH]c1=O. The van der Waals surface area contributed by atoms with Crippen molar-refractivity contribution in [2.24, 2.45) is 0 Å². The number of carbonyl (C=O) groups is 2. The van der Waals surface area contributed by atoms with Crippen molar-refractivity contribution in [3.8, 4) is 0 Å². The van der Waals surface area contributed by atoms with Gasteiger partial charge in [-0.1, -0.05) is 11.8 Å². The summed E-state index contributed by atoms with van der Waals surface area (Å²) in [6.45, 7) is 3.47. The van der Waals surface area contributed by atoms with Gasteiger partial charge < -0.3 is 9.84 Å². The zero-order valence-corrected chi connectivity index (χ0v) is 11.9. The third kappa shape index (κ3) is 5.83. The van der Waals surface area contributed by atoms with Gasteiger partial charge in [0.1, 0.15) is 5.69 Å². The van der Waals surface area contributed by atoms with E-state index in [0.29, 0.717) is 0 Å². The number of H-pyrrole nitrogens is 1. The first-order valence-electron chi connectivity index (χ1n) is 5.88. The van der Waals surface area contributed by atoms with Crippen LogP contribution in [0.1, 0.15) is 26.0 Å². The van der Waals surface area contributed by atoms with Crippen LogP contribution in [0.5, 0.6) is 0 Å². The number of nitrogens with zero attached hydrogens (tertiary/aromatic N) is 2. The molecule has 0 atom stereocenters. The zero-order chi connectivity index (χ0) is 15.1. The summed E-state index contributed by atoms with van der Waals surface area (Å²) < 4.78 is 4.93. The lowest BCUT2D eigenvalue weighted by Gasteiger charge is -2.06. The number of thioether (sulfide) groups is 1. The second-order valence-electron chi connectivity index (χ2n) is 4.13. The highest BCUT2D eigenvalue weighted by Crippen LogP contribution is 2.08. The molecular weight excluding hydrogens is 286 g/mol. The molecule has 0 aromatic carbocycles. The minimum Gasteiger partial charge on any atom is -0.481 e. The zero-order valence-electron chi connectivity index (χ0n) is 11.1. The van der Waals surface area contributed by atoms with E-state index in [-0.39, 0.29) is 35.5 Å². The Bertz CT molecular complexity index is 543. The molecule has 1 aromatic heterocycles. The van der Waals surface area contributed by atoms with E-state index in [1.807, 2.05) is 0 Å². The van der Waals surface area contributed by atoms with E-state index in [4.69, 9.17) is 9.84 Å². The standard InChI is InChI=1S/C11H15N3O5S/c1-6(2)19-9(17)4-3-7-10(18)12-11(14-13-7)20-5-8(15)16/h6H,3-5H2,1-2H3,(H,15,16)(H,12,14,18). The molecule has 2 N–H and O–H groups in total. The molecule has 1 heterocycles. The van der Waals surface area contributed by atoms with Crippen LogP contribution in [0.15, 0.2) is 9.95 Å². The number of aliphatic carboxylic acids is 1. The van der Waals surface area contributed by atoms with Gasteiger partial charge >= 0.3 is 11.9 Å². The average molecular weight is 301 g/mol. The van der Waals surface area contributed by atoms with Gasteiger partial charge in [-0.25, -0.2) is 0 Å². The summed E-state index contributed by atoms with van der Waals surface area (Å²) in [6.07, 6.45) is -0.0448. The molecule has 1 rings (SSSR count). The van der Waals surface area contributed by atoms with E-state index < -0.39 is 17.5 Å². The predicted octanol–water partition coefficient (Wildman–Crippen LogP) is 0.226. The summed E-state index contributed by atoms with van der Waals surface area (Å²) >= 11 is 0.864. The second kappa shape index (κ2) is 7.63. The van der Waals surface area contributed by atoms with Gasteiger partial charge in [0.2, 0.25) is 0 Å². The Morgan fingerprint density at radius 1 is 1.40 bits per heavy atom. The average Bonchev–Trinajstić information content (AvgIpc) is 2.34. The maximum atomic E-state index is 11.6. The van der Waals surface area contributed by atoms with Gasteiger partial charge in [0, 0.05) is 6.42 Å². The molecule has 0 saturated heterocycles. The Kier molecular flexibility index (Phi) is 6.16. The summed E-state index contributed by atoms with van der Waals surface area (Å²) in [5.41, 5.74) is -0.365. The molecule has 20 heavy (non-hydrogen) atoms. The molecule has 0 aliphatic carbocycles. The third-order valence-corrected chi connectivity index (χ3v) is 2.86. The molecule has 0 saturated carbocycles. The fourth-order valence-electron chi connectivity index (χ4n) is 1.25. The van der Waals surface area contributed by atoms with Crippen molar-refractivity contribution in [1.29, 1.82) is 0 Å². The number of aryl methyl sites for hydroxylation is 1. The third-order valence-electron chi connectivity index (χ3n) is 2.01. The summed E-state index contributed by atoms with van der Waals surface area (Å²) in [6, 6.07) is 0. The molecule has 0 radical (unpaired) electrons. The largest absolute Gasteiger partial charge is 0.481 e. The highest BCUT2D eigenvalue weighted by molar-refractivity contribution is 7.99. The van der Waals surface area contributed by atoms with Crippen LogP contribution in [-0.4, -0.2) is 44.1 Å². The quantitative estimate of drug-likeness (QED) is 0.542. The van der Waals surface area contributed by atoms with Crippen molar-refractivity contribution < 1.29 is 19.4 Å². The molecule has 0 aliphatic rings. The Labute approximate surface area is 118 Å². The van der Waals surface area contributed by atoms with Crippen LogP contribution < -0.4 is 5.56 Å². The van der Waals surface area contributed by atoms with Gasteiger partial charge in [0.25, 0.3) is 5.56 Å². The monoisotopic (exact) mass is 301 g/mol.